The Morgan fingerprint density at radius 1 is 0.872 bits per heavy atom. The van der Waals surface area contributed by atoms with E-state index in [0.717, 1.165) is 11.4 Å². The molecule has 12 nitrogen and oxygen atoms in total. The minimum absolute atomic E-state index is 0.00167. The van der Waals surface area contributed by atoms with Crippen LogP contribution in [-0.2, 0) is 32.2 Å². The molecule has 5 rings (SSSR count). The van der Waals surface area contributed by atoms with Crippen LogP contribution in [0.1, 0.15) is 11.4 Å². The van der Waals surface area contributed by atoms with Crippen LogP contribution in [0.5, 0.6) is 0 Å². The molecule has 0 amide bonds. The highest BCUT2D eigenvalue weighted by Gasteiger charge is 2.47. The van der Waals surface area contributed by atoms with Crippen molar-refractivity contribution >= 4 is 23.2 Å². The van der Waals surface area contributed by atoms with E-state index < -0.39 is 37.3 Å². The number of aromatic nitrogens is 6. The molecule has 1 aliphatic heterocycles. The summed E-state index contributed by atoms with van der Waals surface area (Å²) in [6.07, 6.45) is -1.48. The Kier molecular flexibility index (Phi) is 8.85. The van der Waals surface area contributed by atoms with E-state index in [9.17, 15) is 10.2 Å². The molecule has 3 heterocycles. The van der Waals surface area contributed by atoms with Crippen molar-refractivity contribution in [1.29, 1.82) is 0 Å². The van der Waals surface area contributed by atoms with Crippen molar-refractivity contribution in [2.45, 2.75) is 43.9 Å². The van der Waals surface area contributed by atoms with E-state index in [1.807, 2.05) is 24.3 Å². The van der Waals surface area contributed by atoms with Crippen LogP contribution in [-0.4, -0.2) is 84.6 Å². The van der Waals surface area contributed by atoms with E-state index in [-0.39, 0.29) is 13.2 Å². The van der Waals surface area contributed by atoms with E-state index in [2.05, 4.69) is 20.6 Å². The zero-order chi connectivity index (χ0) is 27.4. The smallest absolute Gasteiger partial charge is 0.186 e. The summed E-state index contributed by atoms with van der Waals surface area (Å²) in [6, 6.07) is 14.4. The highest BCUT2D eigenvalue weighted by molar-refractivity contribution is 6.31. The number of hydrogen-bond donors (Lipinski definition) is 2. The fourth-order valence-electron chi connectivity index (χ4n) is 4.18. The first-order valence-electron chi connectivity index (χ1n) is 12.0. The lowest BCUT2D eigenvalue weighted by Crippen LogP contribution is -2.60. The Morgan fingerprint density at radius 3 is 1.90 bits per heavy atom. The van der Waals surface area contributed by atoms with Gasteiger partial charge in [0.2, 0.25) is 0 Å². The van der Waals surface area contributed by atoms with Crippen molar-refractivity contribution in [1.82, 2.24) is 30.0 Å². The molecule has 5 atom stereocenters. The van der Waals surface area contributed by atoms with Crippen LogP contribution in [0.3, 0.4) is 0 Å². The molecule has 0 unspecified atom stereocenters. The van der Waals surface area contributed by atoms with Crippen LogP contribution in [0.4, 0.5) is 0 Å². The molecule has 206 valence electrons. The number of aliphatic hydroxyl groups is 2. The Labute approximate surface area is 233 Å². The van der Waals surface area contributed by atoms with Crippen LogP contribution in [0.2, 0.25) is 10.0 Å². The first-order valence-corrected chi connectivity index (χ1v) is 12.8. The van der Waals surface area contributed by atoms with Gasteiger partial charge in [-0.1, -0.05) is 45.8 Å². The molecule has 4 aromatic rings. The van der Waals surface area contributed by atoms with Gasteiger partial charge < -0.3 is 29.2 Å². The molecule has 1 fully saturated rings. The second kappa shape index (κ2) is 12.5. The first-order chi connectivity index (χ1) is 18.9. The van der Waals surface area contributed by atoms with Gasteiger partial charge in [0.05, 0.1) is 43.6 Å². The summed E-state index contributed by atoms with van der Waals surface area (Å²) < 4.78 is 26.5. The predicted molar refractivity (Wildman–Crippen MR) is 139 cm³/mol. The third kappa shape index (κ3) is 6.45. The molecule has 2 N–H and O–H groups in total. The molecule has 2 aromatic heterocycles. The summed E-state index contributed by atoms with van der Waals surface area (Å²) in [7, 11) is 1.44. The van der Waals surface area contributed by atoms with Crippen LogP contribution >= 0.6 is 23.2 Å². The van der Waals surface area contributed by atoms with Crippen LogP contribution in [0, 0.1) is 0 Å². The minimum Gasteiger partial charge on any atom is -0.394 e. The van der Waals surface area contributed by atoms with Gasteiger partial charge in [-0.2, -0.15) is 0 Å². The maximum Gasteiger partial charge on any atom is 0.186 e. The predicted octanol–water partition coefficient (Wildman–Crippen LogP) is 2.35. The largest absolute Gasteiger partial charge is 0.394 e. The van der Waals surface area contributed by atoms with Gasteiger partial charge in [-0.3, -0.25) is 0 Å². The molecule has 0 aliphatic carbocycles. The van der Waals surface area contributed by atoms with Gasteiger partial charge in [0.25, 0.3) is 0 Å². The summed E-state index contributed by atoms with van der Waals surface area (Å²) in [4.78, 5) is 0. The van der Waals surface area contributed by atoms with Crippen molar-refractivity contribution in [3.8, 4) is 11.4 Å². The Balaban J connectivity index is 1.29. The number of nitrogens with zero attached hydrogens (tertiary/aromatic N) is 6. The molecule has 0 saturated carbocycles. The average molecular weight is 577 g/mol. The third-order valence-corrected chi connectivity index (χ3v) is 6.58. The summed E-state index contributed by atoms with van der Waals surface area (Å²) in [5.74, 6) is 0. The quantitative estimate of drug-likeness (QED) is 0.289. The monoisotopic (exact) mass is 576 g/mol. The fraction of sp³-hybridized carbons (Fsp3) is 0.360. The number of ether oxygens (including phenoxy) is 4. The number of hydrogen-bond acceptors (Lipinski definition) is 10. The van der Waals surface area contributed by atoms with E-state index in [1.165, 1.54) is 7.11 Å². The Morgan fingerprint density at radius 2 is 1.41 bits per heavy atom. The van der Waals surface area contributed by atoms with Gasteiger partial charge >= 0.3 is 0 Å². The summed E-state index contributed by atoms with van der Waals surface area (Å²) in [5, 5.41) is 38.4. The standard InChI is InChI=1S/C25H26Cl2N6O6/c1-36-25-24(38-14-18-11-33(31-29-18)20-7-3-5-16(27)9-20)23(22(35)21(12-34)39-25)37-13-17-10-32(30-28-17)19-6-2-4-15(26)8-19/h2-11,21-25,34-35H,12-14H2,1H3/t21-,22-,23+,24-,25+/m1/s1. The zero-order valence-corrected chi connectivity index (χ0v) is 22.3. The molecule has 14 heteroatoms. The number of benzene rings is 2. The van der Waals surface area contributed by atoms with Gasteiger partial charge in [0.15, 0.2) is 6.29 Å². The van der Waals surface area contributed by atoms with Crippen molar-refractivity contribution < 1.29 is 29.2 Å². The van der Waals surface area contributed by atoms with Crippen LogP contribution in [0.15, 0.2) is 60.9 Å². The molecule has 0 spiro atoms. The summed E-state index contributed by atoms with van der Waals surface area (Å²) in [5.41, 5.74) is 2.50. The van der Waals surface area contributed by atoms with Gasteiger partial charge in [-0.05, 0) is 36.4 Å². The Bertz CT molecular complexity index is 1390. The number of aliphatic hydroxyl groups excluding tert-OH is 2. The van der Waals surface area contributed by atoms with Crippen molar-refractivity contribution in [3.05, 3.63) is 82.4 Å². The molecule has 0 bridgehead atoms. The molecular weight excluding hydrogens is 551 g/mol. The minimum atomic E-state index is -1.21. The molecule has 2 aromatic carbocycles. The highest BCUT2D eigenvalue weighted by atomic mass is 35.5. The van der Waals surface area contributed by atoms with Crippen LogP contribution < -0.4 is 0 Å². The molecular formula is C25H26Cl2N6O6. The lowest BCUT2D eigenvalue weighted by Gasteiger charge is -2.43. The normalized spacial score (nSPS) is 23.3. The van der Waals surface area contributed by atoms with Gasteiger partial charge in [-0.15, -0.1) is 10.2 Å². The van der Waals surface area contributed by atoms with E-state index in [0.29, 0.717) is 21.4 Å². The average Bonchev–Trinajstić information content (AvgIpc) is 3.61. The van der Waals surface area contributed by atoms with Crippen molar-refractivity contribution in [2.75, 3.05) is 13.7 Å². The second-order valence-corrected chi connectivity index (χ2v) is 9.64. The van der Waals surface area contributed by atoms with Crippen molar-refractivity contribution in [3.63, 3.8) is 0 Å². The number of methoxy groups -OCH3 is 1. The zero-order valence-electron chi connectivity index (χ0n) is 20.7. The lowest BCUT2D eigenvalue weighted by molar-refractivity contribution is -0.314. The number of halogens is 2. The number of rotatable bonds is 10. The van der Waals surface area contributed by atoms with Crippen molar-refractivity contribution in [2.24, 2.45) is 0 Å². The van der Waals surface area contributed by atoms with Gasteiger partial charge in [0, 0.05) is 17.2 Å². The Hall–Kier alpha value is -2.94. The summed E-state index contributed by atoms with van der Waals surface area (Å²) >= 11 is 12.2. The third-order valence-electron chi connectivity index (χ3n) is 6.11. The van der Waals surface area contributed by atoms with Gasteiger partial charge in [-0.25, -0.2) is 9.36 Å². The molecule has 0 radical (unpaired) electrons. The molecule has 39 heavy (non-hydrogen) atoms. The summed E-state index contributed by atoms with van der Waals surface area (Å²) in [6.45, 7) is -0.413. The topological polar surface area (TPSA) is 139 Å². The second-order valence-electron chi connectivity index (χ2n) is 8.77. The first kappa shape index (κ1) is 27.6. The van der Waals surface area contributed by atoms with E-state index in [4.69, 9.17) is 42.1 Å². The lowest BCUT2D eigenvalue weighted by atomic mass is 9.98. The molecule has 1 aliphatic rings. The SMILES string of the molecule is CO[C@H]1O[C@H](CO)[C@@H](O)[C@H](OCc2cn(-c3cccc(Cl)c3)nn2)[C@H]1OCc1cn(-c2cccc(Cl)c2)nn1. The van der Waals surface area contributed by atoms with E-state index in [1.54, 1.807) is 46.0 Å². The van der Waals surface area contributed by atoms with Gasteiger partial charge in [0.1, 0.15) is 35.8 Å². The maximum atomic E-state index is 10.9. The van der Waals surface area contributed by atoms with Crippen LogP contribution in [0.25, 0.3) is 11.4 Å². The molecule has 1 saturated heterocycles. The van der Waals surface area contributed by atoms with E-state index >= 15 is 0 Å². The maximum absolute atomic E-state index is 10.9. The highest BCUT2D eigenvalue weighted by Crippen LogP contribution is 2.28. The fourth-order valence-corrected chi connectivity index (χ4v) is 4.55.